The molecular weight excluding hydrogens is 358 g/mol. The van der Waals surface area contributed by atoms with Crippen LogP contribution < -0.4 is 4.74 Å². The van der Waals surface area contributed by atoms with E-state index in [1.54, 1.807) is 0 Å². The van der Waals surface area contributed by atoms with E-state index in [9.17, 15) is 26.3 Å². The molecule has 0 spiro atoms. The number of nitriles is 1. The van der Waals surface area contributed by atoms with Crippen LogP contribution in [0.15, 0.2) is 6.07 Å². The third-order valence-electron chi connectivity index (χ3n) is 2.08. The van der Waals surface area contributed by atoms with Crippen LogP contribution >= 0.6 is 15.9 Å². The fraction of sp³-hybridized carbons (Fsp3) is 0.400. The van der Waals surface area contributed by atoms with Gasteiger partial charge in [0.05, 0.1) is 12.5 Å². The maximum absolute atomic E-state index is 12.8. The molecule has 0 fully saturated rings. The lowest BCUT2D eigenvalue weighted by atomic mass is 10.0. The van der Waals surface area contributed by atoms with Crippen molar-refractivity contribution in [3.8, 4) is 11.9 Å². The minimum atomic E-state index is -5.16. The fourth-order valence-corrected chi connectivity index (χ4v) is 1.90. The van der Waals surface area contributed by atoms with Gasteiger partial charge in [0.15, 0.2) is 5.69 Å². The van der Waals surface area contributed by atoms with Crippen LogP contribution in [0.25, 0.3) is 0 Å². The molecule has 0 amide bonds. The average Bonchev–Trinajstić information content (AvgIpc) is 2.27. The summed E-state index contributed by atoms with van der Waals surface area (Å²) in [4.78, 5) is 2.82. The molecule has 1 heterocycles. The second kappa shape index (κ2) is 5.87. The van der Waals surface area contributed by atoms with Gasteiger partial charge >= 0.3 is 12.5 Å². The summed E-state index contributed by atoms with van der Waals surface area (Å²) in [7, 11) is 0. The molecule has 0 bridgehead atoms. The van der Waals surface area contributed by atoms with E-state index in [0.717, 1.165) is 0 Å². The molecule has 110 valence electrons. The van der Waals surface area contributed by atoms with Crippen molar-refractivity contribution < 1.29 is 31.1 Å². The number of rotatable bonds is 3. The third-order valence-corrected chi connectivity index (χ3v) is 2.69. The summed E-state index contributed by atoms with van der Waals surface area (Å²) < 4.78 is 77.9. The Hall–Kier alpha value is -1.50. The van der Waals surface area contributed by atoms with Crippen molar-refractivity contribution in [2.75, 3.05) is 0 Å². The highest BCUT2D eigenvalue weighted by atomic mass is 79.9. The first-order valence-corrected chi connectivity index (χ1v) is 5.99. The van der Waals surface area contributed by atoms with Crippen LogP contribution in [0.3, 0.4) is 0 Å². The molecule has 0 unspecified atom stereocenters. The molecule has 0 saturated carbocycles. The summed E-state index contributed by atoms with van der Waals surface area (Å²) in [6.45, 7) is 0. The van der Waals surface area contributed by atoms with Crippen molar-refractivity contribution in [2.45, 2.75) is 24.3 Å². The van der Waals surface area contributed by atoms with Crippen LogP contribution in [0.5, 0.6) is 5.88 Å². The first kappa shape index (κ1) is 16.6. The quantitative estimate of drug-likeness (QED) is 0.603. The van der Waals surface area contributed by atoms with E-state index >= 15 is 0 Å². The van der Waals surface area contributed by atoms with E-state index in [4.69, 9.17) is 5.26 Å². The Morgan fingerprint density at radius 3 is 2.25 bits per heavy atom. The SMILES string of the molecule is N#CCc1c(CBr)cc(OC(F)(F)F)nc1C(F)(F)F. The number of nitrogens with zero attached hydrogens (tertiary/aromatic N) is 2. The van der Waals surface area contributed by atoms with Crippen LogP contribution in [0.2, 0.25) is 0 Å². The number of alkyl halides is 7. The fourth-order valence-electron chi connectivity index (χ4n) is 1.40. The first-order valence-electron chi connectivity index (χ1n) is 4.87. The zero-order valence-electron chi connectivity index (χ0n) is 9.44. The summed E-state index contributed by atoms with van der Waals surface area (Å²) in [5.41, 5.74) is -2.19. The van der Waals surface area contributed by atoms with Crippen LogP contribution in [0, 0.1) is 11.3 Å². The third kappa shape index (κ3) is 4.26. The molecular formula is C10H5BrF6N2O. The van der Waals surface area contributed by atoms with Gasteiger partial charge in [0.2, 0.25) is 5.88 Å². The predicted molar refractivity (Wildman–Crippen MR) is 57.9 cm³/mol. The van der Waals surface area contributed by atoms with Gasteiger partial charge in [-0.05, 0) is 5.56 Å². The van der Waals surface area contributed by atoms with Gasteiger partial charge in [-0.25, -0.2) is 4.98 Å². The van der Waals surface area contributed by atoms with Gasteiger partial charge in [0.25, 0.3) is 0 Å². The van der Waals surface area contributed by atoms with E-state index in [-0.39, 0.29) is 10.9 Å². The Kier molecular flexibility index (Phi) is 4.86. The number of ether oxygens (including phenoxy) is 1. The van der Waals surface area contributed by atoms with Gasteiger partial charge < -0.3 is 4.74 Å². The van der Waals surface area contributed by atoms with Crippen LogP contribution in [0.1, 0.15) is 16.8 Å². The van der Waals surface area contributed by atoms with E-state index in [1.807, 2.05) is 0 Å². The zero-order chi connectivity index (χ0) is 15.6. The second-order valence-electron chi connectivity index (χ2n) is 3.46. The number of aromatic nitrogens is 1. The normalized spacial score (nSPS) is 12.1. The van der Waals surface area contributed by atoms with Gasteiger partial charge in [0, 0.05) is 17.0 Å². The number of hydrogen-bond acceptors (Lipinski definition) is 3. The van der Waals surface area contributed by atoms with Gasteiger partial charge in [-0.3, -0.25) is 0 Å². The molecule has 10 heteroatoms. The Bertz CT molecular complexity index is 534. The standard InChI is InChI=1S/C10H5BrF6N2O/c11-4-5-3-7(20-10(15,16)17)19-8(9(12,13)14)6(5)1-2-18/h3H,1,4H2. The van der Waals surface area contributed by atoms with E-state index in [1.165, 1.54) is 6.07 Å². The topological polar surface area (TPSA) is 45.9 Å². The molecule has 0 aromatic carbocycles. The smallest absolute Gasteiger partial charge is 0.388 e. The molecule has 0 atom stereocenters. The highest BCUT2D eigenvalue weighted by molar-refractivity contribution is 9.08. The Morgan fingerprint density at radius 2 is 1.85 bits per heavy atom. The summed E-state index contributed by atoms with van der Waals surface area (Å²) in [6.07, 6.45) is -10.8. The second-order valence-corrected chi connectivity index (χ2v) is 4.02. The summed E-state index contributed by atoms with van der Waals surface area (Å²) in [5, 5.41) is 8.34. The summed E-state index contributed by atoms with van der Waals surface area (Å²) >= 11 is 2.85. The lowest BCUT2D eigenvalue weighted by Gasteiger charge is -2.16. The van der Waals surface area contributed by atoms with Crippen molar-refractivity contribution in [2.24, 2.45) is 0 Å². The highest BCUT2D eigenvalue weighted by Gasteiger charge is 2.39. The van der Waals surface area contributed by atoms with Crippen LogP contribution in [-0.4, -0.2) is 11.3 Å². The molecule has 0 N–H and O–H groups in total. The lowest BCUT2D eigenvalue weighted by molar-refractivity contribution is -0.276. The molecule has 0 saturated heterocycles. The van der Waals surface area contributed by atoms with Gasteiger partial charge in [-0.15, -0.1) is 13.2 Å². The highest BCUT2D eigenvalue weighted by Crippen LogP contribution is 2.35. The Balaban J connectivity index is 3.44. The molecule has 0 aliphatic rings. The summed E-state index contributed by atoms with van der Waals surface area (Å²) in [6, 6.07) is 2.23. The minimum Gasteiger partial charge on any atom is -0.388 e. The number of halogens is 7. The maximum atomic E-state index is 12.8. The molecule has 1 aromatic rings. The van der Waals surface area contributed by atoms with Crippen molar-refractivity contribution in [1.82, 2.24) is 4.98 Å². The Labute approximate surface area is 117 Å². The molecule has 3 nitrogen and oxygen atoms in total. The minimum absolute atomic E-state index is 0.145. The van der Waals surface area contributed by atoms with Crippen LogP contribution in [0.4, 0.5) is 26.3 Å². The number of pyridine rings is 1. The van der Waals surface area contributed by atoms with Crippen molar-refractivity contribution in [3.63, 3.8) is 0 Å². The zero-order valence-corrected chi connectivity index (χ0v) is 11.0. The Morgan fingerprint density at radius 1 is 1.25 bits per heavy atom. The van der Waals surface area contributed by atoms with Gasteiger partial charge in [0.1, 0.15) is 0 Å². The maximum Gasteiger partial charge on any atom is 0.574 e. The van der Waals surface area contributed by atoms with Crippen molar-refractivity contribution in [3.05, 3.63) is 22.9 Å². The molecule has 1 aromatic heterocycles. The van der Waals surface area contributed by atoms with E-state index in [2.05, 4.69) is 25.7 Å². The van der Waals surface area contributed by atoms with E-state index < -0.39 is 36.1 Å². The van der Waals surface area contributed by atoms with E-state index in [0.29, 0.717) is 6.07 Å². The monoisotopic (exact) mass is 362 g/mol. The molecule has 1 rings (SSSR count). The summed E-state index contributed by atoms with van der Waals surface area (Å²) in [5.74, 6) is -1.22. The number of hydrogen-bond donors (Lipinski definition) is 0. The van der Waals surface area contributed by atoms with Crippen molar-refractivity contribution >= 4 is 15.9 Å². The largest absolute Gasteiger partial charge is 0.574 e. The van der Waals surface area contributed by atoms with Crippen molar-refractivity contribution in [1.29, 1.82) is 5.26 Å². The lowest BCUT2D eigenvalue weighted by Crippen LogP contribution is -2.21. The van der Waals surface area contributed by atoms with Gasteiger partial charge in [-0.1, -0.05) is 15.9 Å². The van der Waals surface area contributed by atoms with Gasteiger partial charge in [-0.2, -0.15) is 18.4 Å². The molecule has 0 radical (unpaired) electrons. The average molecular weight is 363 g/mol. The first-order chi connectivity index (χ1) is 9.08. The molecule has 0 aliphatic carbocycles. The molecule has 0 aliphatic heterocycles. The molecule has 20 heavy (non-hydrogen) atoms. The van der Waals surface area contributed by atoms with Crippen LogP contribution in [-0.2, 0) is 17.9 Å². The predicted octanol–water partition coefficient (Wildman–Crippen LogP) is 3.96.